The molecule has 0 aliphatic heterocycles. The van der Waals surface area contributed by atoms with Gasteiger partial charge in [-0.1, -0.05) is 0 Å². The van der Waals surface area contributed by atoms with Gasteiger partial charge in [0.25, 0.3) is 5.91 Å². The number of aromatic nitrogens is 2. The topological polar surface area (TPSA) is 98.6 Å². The average Bonchev–Trinajstić information content (AvgIpc) is 3.41. The molecule has 4 aromatic rings. The molecule has 8 nitrogen and oxygen atoms in total. The standard InChI is InChI=1S/C21H19N3O5/c1-26-16-9-7-13(18(27-2)19(16)28-3)21(25)22-12-6-8-14-15(11-12)24-20(23-14)17-5-4-10-29-17/h4-11H,1-3H3,(H,22,25)(H,23,24). The SMILES string of the molecule is COc1ccc(C(=O)Nc2ccc3nc(-c4ccco4)[nH]c3c2)c(OC)c1OC. The number of amides is 1. The first-order valence-corrected chi connectivity index (χ1v) is 8.78. The van der Waals surface area contributed by atoms with E-state index in [1.54, 1.807) is 36.6 Å². The van der Waals surface area contributed by atoms with Gasteiger partial charge in [0.1, 0.15) is 0 Å². The zero-order chi connectivity index (χ0) is 20.4. The number of imidazole rings is 1. The van der Waals surface area contributed by atoms with E-state index in [9.17, 15) is 4.79 Å². The summed E-state index contributed by atoms with van der Waals surface area (Å²) in [5.41, 5.74) is 2.46. The normalized spacial score (nSPS) is 10.7. The first kappa shape index (κ1) is 18.4. The number of rotatable bonds is 6. The summed E-state index contributed by atoms with van der Waals surface area (Å²) in [7, 11) is 4.49. The van der Waals surface area contributed by atoms with Gasteiger partial charge in [0, 0.05) is 5.69 Å². The molecule has 148 valence electrons. The van der Waals surface area contributed by atoms with Crippen molar-refractivity contribution in [3.05, 3.63) is 54.3 Å². The van der Waals surface area contributed by atoms with E-state index in [0.717, 1.165) is 11.0 Å². The van der Waals surface area contributed by atoms with Crippen molar-refractivity contribution in [2.24, 2.45) is 0 Å². The van der Waals surface area contributed by atoms with E-state index in [1.165, 1.54) is 21.3 Å². The minimum atomic E-state index is -0.340. The van der Waals surface area contributed by atoms with E-state index < -0.39 is 0 Å². The van der Waals surface area contributed by atoms with Crippen LogP contribution in [0.2, 0.25) is 0 Å². The number of benzene rings is 2. The highest BCUT2D eigenvalue weighted by Gasteiger charge is 2.21. The molecule has 0 bridgehead atoms. The Morgan fingerprint density at radius 3 is 2.55 bits per heavy atom. The molecule has 0 spiro atoms. The van der Waals surface area contributed by atoms with Crippen molar-refractivity contribution in [1.29, 1.82) is 0 Å². The van der Waals surface area contributed by atoms with Gasteiger partial charge < -0.3 is 28.9 Å². The van der Waals surface area contributed by atoms with Crippen LogP contribution in [0.15, 0.2) is 53.1 Å². The van der Waals surface area contributed by atoms with Crippen LogP contribution < -0.4 is 19.5 Å². The predicted octanol–water partition coefficient (Wildman–Crippen LogP) is 4.10. The van der Waals surface area contributed by atoms with Gasteiger partial charge in [0.15, 0.2) is 23.1 Å². The average molecular weight is 393 g/mol. The van der Waals surface area contributed by atoms with Gasteiger partial charge in [-0.15, -0.1) is 0 Å². The summed E-state index contributed by atoms with van der Waals surface area (Å²) in [6.45, 7) is 0. The van der Waals surface area contributed by atoms with Crippen LogP contribution in [-0.4, -0.2) is 37.2 Å². The summed E-state index contributed by atoms with van der Waals surface area (Å²) in [6, 6.07) is 12.3. The summed E-state index contributed by atoms with van der Waals surface area (Å²) in [4.78, 5) is 20.5. The number of hydrogen-bond acceptors (Lipinski definition) is 6. The summed E-state index contributed by atoms with van der Waals surface area (Å²) >= 11 is 0. The monoisotopic (exact) mass is 393 g/mol. The van der Waals surface area contributed by atoms with Crippen LogP contribution in [0.1, 0.15) is 10.4 Å². The molecular formula is C21H19N3O5. The molecule has 29 heavy (non-hydrogen) atoms. The van der Waals surface area contributed by atoms with Gasteiger partial charge in [-0.05, 0) is 42.5 Å². The molecule has 4 rings (SSSR count). The highest BCUT2D eigenvalue weighted by Crippen LogP contribution is 2.40. The second kappa shape index (κ2) is 7.59. The van der Waals surface area contributed by atoms with Crippen molar-refractivity contribution in [2.45, 2.75) is 0 Å². The lowest BCUT2D eigenvalue weighted by Gasteiger charge is -2.15. The Morgan fingerprint density at radius 2 is 1.86 bits per heavy atom. The lowest BCUT2D eigenvalue weighted by molar-refractivity contribution is 0.102. The lowest BCUT2D eigenvalue weighted by Crippen LogP contribution is -2.14. The van der Waals surface area contributed by atoms with E-state index in [0.29, 0.717) is 40.1 Å². The molecule has 2 heterocycles. The van der Waals surface area contributed by atoms with Gasteiger partial charge in [-0.3, -0.25) is 4.79 Å². The number of carbonyl (C=O) groups excluding carboxylic acids is 1. The summed E-state index contributed by atoms with van der Waals surface area (Å²) in [5, 5.41) is 2.87. The number of aromatic amines is 1. The zero-order valence-electron chi connectivity index (χ0n) is 16.1. The maximum atomic E-state index is 12.9. The first-order chi connectivity index (χ1) is 14.1. The number of carbonyl (C=O) groups is 1. The fourth-order valence-electron chi connectivity index (χ4n) is 3.10. The van der Waals surface area contributed by atoms with Crippen molar-refractivity contribution in [1.82, 2.24) is 9.97 Å². The number of nitrogens with one attached hydrogen (secondary N) is 2. The van der Waals surface area contributed by atoms with Gasteiger partial charge in [-0.25, -0.2) is 4.98 Å². The van der Waals surface area contributed by atoms with Crippen molar-refractivity contribution in [3.8, 4) is 28.8 Å². The molecule has 2 aromatic heterocycles. The number of hydrogen-bond donors (Lipinski definition) is 2. The van der Waals surface area contributed by atoms with Crippen molar-refractivity contribution in [2.75, 3.05) is 26.6 Å². The molecule has 0 saturated heterocycles. The Balaban J connectivity index is 1.64. The molecule has 0 radical (unpaired) electrons. The largest absolute Gasteiger partial charge is 0.493 e. The molecule has 0 fully saturated rings. The fraction of sp³-hybridized carbons (Fsp3) is 0.143. The predicted molar refractivity (Wildman–Crippen MR) is 108 cm³/mol. The smallest absolute Gasteiger partial charge is 0.259 e. The van der Waals surface area contributed by atoms with Crippen LogP contribution in [0.25, 0.3) is 22.6 Å². The third-order valence-corrected chi connectivity index (χ3v) is 4.44. The molecule has 8 heteroatoms. The first-order valence-electron chi connectivity index (χ1n) is 8.78. The van der Waals surface area contributed by atoms with E-state index in [1.807, 2.05) is 12.1 Å². The number of nitrogens with zero attached hydrogens (tertiary/aromatic N) is 1. The van der Waals surface area contributed by atoms with Gasteiger partial charge in [0.2, 0.25) is 5.75 Å². The van der Waals surface area contributed by atoms with Crippen molar-refractivity contribution in [3.63, 3.8) is 0 Å². The number of H-pyrrole nitrogens is 1. The molecule has 0 atom stereocenters. The molecule has 0 aliphatic rings. The Morgan fingerprint density at radius 1 is 1.03 bits per heavy atom. The van der Waals surface area contributed by atoms with Gasteiger partial charge >= 0.3 is 0 Å². The van der Waals surface area contributed by atoms with E-state index in [4.69, 9.17) is 18.6 Å². The van der Waals surface area contributed by atoms with Crippen LogP contribution in [-0.2, 0) is 0 Å². The quantitative estimate of drug-likeness (QED) is 0.512. The van der Waals surface area contributed by atoms with Crippen molar-refractivity contribution < 1.29 is 23.4 Å². The number of anilines is 1. The zero-order valence-corrected chi connectivity index (χ0v) is 16.1. The third-order valence-electron chi connectivity index (χ3n) is 4.44. The Labute approximate surface area is 166 Å². The Bertz CT molecular complexity index is 1160. The van der Waals surface area contributed by atoms with Crippen LogP contribution in [0.5, 0.6) is 17.2 Å². The highest BCUT2D eigenvalue weighted by atomic mass is 16.5. The summed E-state index contributed by atoms with van der Waals surface area (Å²) < 4.78 is 21.4. The molecule has 0 unspecified atom stereocenters. The van der Waals surface area contributed by atoms with E-state index >= 15 is 0 Å². The van der Waals surface area contributed by atoms with Gasteiger partial charge in [0.05, 0.1) is 44.2 Å². The van der Waals surface area contributed by atoms with E-state index in [-0.39, 0.29) is 5.91 Å². The minimum Gasteiger partial charge on any atom is -0.493 e. The summed E-state index contributed by atoms with van der Waals surface area (Å²) in [5.74, 6) is 2.05. The maximum Gasteiger partial charge on any atom is 0.259 e. The number of furan rings is 1. The summed E-state index contributed by atoms with van der Waals surface area (Å²) in [6.07, 6.45) is 1.59. The molecule has 0 saturated carbocycles. The van der Waals surface area contributed by atoms with Crippen LogP contribution in [0, 0.1) is 0 Å². The molecule has 1 amide bonds. The molecule has 0 aliphatic carbocycles. The highest BCUT2D eigenvalue weighted by molar-refractivity contribution is 6.07. The lowest BCUT2D eigenvalue weighted by atomic mass is 10.1. The maximum absolute atomic E-state index is 12.9. The third kappa shape index (κ3) is 3.36. The molecular weight excluding hydrogens is 374 g/mol. The molecule has 2 N–H and O–H groups in total. The number of methoxy groups -OCH3 is 3. The second-order valence-corrected chi connectivity index (χ2v) is 6.13. The number of ether oxygens (including phenoxy) is 3. The van der Waals surface area contributed by atoms with Crippen LogP contribution in [0.3, 0.4) is 0 Å². The number of fused-ring (bicyclic) bond motifs is 1. The van der Waals surface area contributed by atoms with E-state index in [2.05, 4.69) is 15.3 Å². The van der Waals surface area contributed by atoms with Gasteiger partial charge in [-0.2, -0.15) is 0 Å². The second-order valence-electron chi connectivity index (χ2n) is 6.13. The molecule has 2 aromatic carbocycles. The minimum absolute atomic E-state index is 0.298. The Kier molecular flexibility index (Phi) is 4.82. The Hall–Kier alpha value is -3.94. The van der Waals surface area contributed by atoms with Crippen LogP contribution >= 0.6 is 0 Å². The fourth-order valence-corrected chi connectivity index (χ4v) is 3.10. The van der Waals surface area contributed by atoms with Crippen molar-refractivity contribution >= 4 is 22.6 Å². The van der Waals surface area contributed by atoms with Crippen LogP contribution in [0.4, 0.5) is 5.69 Å².